The van der Waals surface area contributed by atoms with E-state index in [2.05, 4.69) is 5.32 Å². The largest absolute Gasteiger partial charge is 0.322 e. The molecule has 0 radical (unpaired) electrons. The molecule has 1 aliphatic rings. The fourth-order valence-electron chi connectivity index (χ4n) is 1.54. The molecule has 1 fully saturated rings. The van der Waals surface area contributed by atoms with Crippen molar-refractivity contribution in [2.75, 3.05) is 24.2 Å². The molecule has 1 amide bonds. The van der Waals surface area contributed by atoms with Crippen molar-refractivity contribution in [3.8, 4) is 0 Å². The number of hydrogen-bond acceptors (Lipinski definition) is 3. The molecule has 0 saturated carbocycles. The van der Waals surface area contributed by atoms with Gasteiger partial charge in [0.15, 0.2) is 0 Å². The zero-order valence-electron chi connectivity index (χ0n) is 8.78. The molecular weight excluding hydrogens is 227 g/mol. The van der Waals surface area contributed by atoms with Gasteiger partial charge in [0.2, 0.25) is 5.91 Å². The minimum atomic E-state index is -0.398. The minimum absolute atomic E-state index is 0.167. The Morgan fingerprint density at radius 3 is 3.00 bits per heavy atom. The van der Waals surface area contributed by atoms with Gasteiger partial charge in [0.05, 0.1) is 12.2 Å². The second kappa shape index (κ2) is 5.32. The van der Waals surface area contributed by atoms with E-state index in [0.29, 0.717) is 6.54 Å². The number of amides is 1. The predicted molar refractivity (Wildman–Crippen MR) is 63.7 cm³/mol. The van der Waals surface area contributed by atoms with Crippen LogP contribution in [0.15, 0.2) is 24.3 Å². The highest BCUT2D eigenvalue weighted by Crippen LogP contribution is 2.19. The number of hydrogen-bond donors (Lipinski definition) is 1. The van der Waals surface area contributed by atoms with Gasteiger partial charge in [0.25, 0.3) is 0 Å². The van der Waals surface area contributed by atoms with Crippen LogP contribution in [0.3, 0.4) is 0 Å². The van der Waals surface area contributed by atoms with E-state index in [0.717, 1.165) is 18.7 Å². The van der Waals surface area contributed by atoms with Crippen LogP contribution in [0.2, 0.25) is 0 Å². The van der Waals surface area contributed by atoms with Crippen molar-refractivity contribution in [3.63, 3.8) is 0 Å². The van der Waals surface area contributed by atoms with Crippen LogP contribution in [0.25, 0.3) is 0 Å². The lowest BCUT2D eigenvalue weighted by molar-refractivity contribution is -0.116. The van der Waals surface area contributed by atoms with E-state index in [1.54, 1.807) is 30.1 Å². The average Bonchev–Trinajstić information content (AvgIpc) is 2.74. The van der Waals surface area contributed by atoms with Crippen molar-refractivity contribution in [2.45, 2.75) is 6.42 Å². The maximum Gasteiger partial charge on any atom is 0.239 e. The molecule has 16 heavy (non-hydrogen) atoms. The third-order valence-corrected chi connectivity index (χ3v) is 3.44. The summed E-state index contributed by atoms with van der Waals surface area (Å²) in [7, 11) is 0. The molecule has 0 spiro atoms. The predicted octanol–water partition coefficient (Wildman–Crippen LogP) is 2.12. The van der Waals surface area contributed by atoms with Crippen LogP contribution in [0, 0.1) is 5.82 Å². The summed E-state index contributed by atoms with van der Waals surface area (Å²) in [6.07, 6.45) is 1.11. The molecule has 1 N–H and O–H groups in total. The number of rotatable bonds is 3. The third kappa shape index (κ3) is 2.96. The minimum Gasteiger partial charge on any atom is -0.322 e. The summed E-state index contributed by atoms with van der Waals surface area (Å²) in [4.78, 5) is 11.6. The van der Waals surface area contributed by atoms with E-state index in [4.69, 9.17) is 0 Å². The van der Waals surface area contributed by atoms with Crippen molar-refractivity contribution in [1.82, 2.24) is 4.31 Å². The zero-order chi connectivity index (χ0) is 11.4. The molecule has 3 nitrogen and oxygen atoms in total. The Hall–Kier alpha value is -1.07. The van der Waals surface area contributed by atoms with Gasteiger partial charge in [-0.05, 0) is 18.6 Å². The highest BCUT2D eigenvalue weighted by Gasteiger charge is 2.16. The van der Waals surface area contributed by atoms with Gasteiger partial charge >= 0.3 is 0 Å². The van der Waals surface area contributed by atoms with Crippen molar-refractivity contribution in [3.05, 3.63) is 30.1 Å². The monoisotopic (exact) mass is 240 g/mol. The standard InChI is InChI=1S/C11H13FN2OS/c12-9-4-1-2-5-10(9)13-11(15)8-14-6-3-7-16-14/h1-2,4-5H,3,6-8H2,(H,13,15). The number of anilines is 1. The van der Waals surface area contributed by atoms with Gasteiger partial charge in [0.1, 0.15) is 5.82 Å². The smallest absolute Gasteiger partial charge is 0.239 e. The van der Waals surface area contributed by atoms with Gasteiger partial charge in [-0.25, -0.2) is 8.70 Å². The zero-order valence-corrected chi connectivity index (χ0v) is 9.60. The Bertz CT molecular complexity index is 380. The lowest BCUT2D eigenvalue weighted by Gasteiger charge is -2.13. The molecule has 1 aromatic carbocycles. The summed E-state index contributed by atoms with van der Waals surface area (Å²) in [6, 6.07) is 6.19. The van der Waals surface area contributed by atoms with Crippen LogP contribution in [0.5, 0.6) is 0 Å². The van der Waals surface area contributed by atoms with Gasteiger partial charge in [0, 0.05) is 12.3 Å². The number of carbonyl (C=O) groups excluding carboxylic acids is 1. The number of nitrogens with zero attached hydrogens (tertiary/aromatic N) is 1. The highest BCUT2D eigenvalue weighted by atomic mass is 32.2. The lowest BCUT2D eigenvalue weighted by Crippen LogP contribution is -2.27. The quantitative estimate of drug-likeness (QED) is 0.821. The summed E-state index contributed by atoms with van der Waals surface area (Å²) in [5, 5.41) is 2.57. The second-order valence-corrected chi connectivity index (χ2v) is 4.76. The van der Waals surface area contributed by atoms with E-state index in [1.165, 1.54) is 6.07 Å². The van der Waals surface area contributed by atoms with Crippen molar-refractivity contribution < 1.29 is 9.18 Å². The first-order chi connectivity index (χ1) is 7.75. The second-order valence-electron chi connectivity index (χ2n) is 3.58. The number of halogens is 1. The summed E-state index contributed by atoms with van der Waals surface area (Å²) >= 11 is 1.66. The molecule has 86 valence electrons. The molecule has 0 atom stereocenters. The van der Waals surface area contributed by atoms with E-state index < -0.39 is 5.82 Å². The Kier molecular flexibility index (Phi) is 3.79. The SMILES string of the molecule is O=C(CN1CCCS1)Nc1ccccc1F. The Morgan fingerprint density at radius 1 is 1.50 bits per heavy atom. The number of benzene rings is 1. The summed E-state index contributed by atoms with van der Waals surface area (Å²) < 4.78 is 15.2. The van der Waals surface area contributed by atoms with Crippen molar-refractivity contribution >= 4 is 23.5 Å². The Balaban J connectivity index is 1.89. The van der Waals surface area contributed by atoms with Crippen LogP contribution in [-0.2, 0) is 4.79 Å². The van der Waals surface area contributed by atoms with Crippen LogP contribution in [0.4, 0.5) is 10.1 Å². The molecule has 1 saturated heterocycles. The molecule has 2 rings (SSSR count). The molecule has 0 unspecified atom stereocenters. The molecule has 0 aromatic heterocycles. The molecule has 1 heterocycles. The number of para-hydroxylation sites is 1. The summed E-state index contributed by atoms with van der Waals surface area (Å²) in [6.45, 7) is 1.24. The van der Waals surface area contributed by atoms with Crippen LogP contribution in [-0.4, -0.2) is 29.1 Å². The van der Waals surface area contributed by atoms with Gasteiger partial charge < -0.3 is 5.32 Å². The molecule has 0 aliphatic carbocycles. The number of nitrogens with one attached hydrogen (secondary N) is 1. The number of carbonyl (C=O) groups is 1. The molecular formula is C11H13FN2OS. The normalized spacial score (nSPS) is 16.3. The van der Waals surface area contributed by atoms with Crippen molar-refractivity contribution in [2.24, 2.45) is 0 Å². The van der Waals surface area contributed by atoms with Gasteiger partial charge in [-0.3, -0.25) is 4.79 Å². The molecule has 0 bridgehead atoms. The van der Waals surface area contributed by atoms with E-state index in [-0.39, 0.29) is 11.6 Å². The maximum absolute atomic E-state index is 13.2. The highest BCUT2D eigenvalue weighted by molar-refractivity contribution is 7.97. The van der Waals surface area contributed by atoms with E-state index in [1.807, 2.05) is 4.31 Å². The van der Waals surface area contributed by atoms with Crippen LogP contribution < -0.4 is 5.32 Å². The lowest BCUT2D eigenvalue weighted by atomic mass is 10.3. The van der Waals surface area contributed by atoms with Gasteiger partial charge in [-0.1, -0.05) is 24.1 Å². The first-order valence-electron chi connectivity index (χ1n) is 5.18. The Morgan fingerprint density at radius 2 is 2.31 bits per heavy atom. The first kappa shape index (κ1) is 11.4. The van der Waals surface area contributed by atoms with Crippen molar-refractivity contribution in [1.29, 1.82) is 0 Å². The van der Waals surface area contributed by atoms with E-state index in [9.17, 15) is 9.18 Å². The Labute approximate surface area is 98.1 Å². The first-order valence-corrected chi connectivity index (χ1v) is 6.12. The van der Waals surface area contributed by atoms with Crippen LogP contribution in [0.1, 0.15) is 6.42 Å². The average molecular weight is 240 g/mol. The molecule has 1 aromatic rings. The fraction of sp³-hybridized carbons (Fsp3) is 0.364. The third-order valence-electron chi connectivity index (χ3n) is 2.29. The maximum atomic E-state index is 13.2. The fourth-order valence-corrected chi connectivity index (χ4v) is 2.52. The summed E-state index contributed by atoms with van der Waals surface area (Å²) in [5.74, 6) is 0.497. The van der Waals surface area contributed by atoms with Crippen LogP contribution >= 0.6 is 11.9 Å². The van der Waals surface area contributed by atoms with E-state index >= 15 is 0 Å². The van der Waals surface area contributed by atoms with Gasteiger partial charge in [-0.2, -0.15) is 0 Å². The van der Waals surface area contributed by atoms with Gasteiger partial charge in [-0.15, -0.1) is 0 Å². The molecule has 1 aliphatic heterocycles. The summed E-state index contributed by atoms with van der Waals surface area (Å²) in [5.41, 5.74) is 0.247. The molecule has 5 heteroatoms. The topological polar surface area (TPSA) is 32.3 Å².